The summed E-state index contributed by atoms with van der Waals surface area (Å²) in [4.78, 5) is 22.9. The van der Waals surface area contributed by atoms with Gasteiger partial charge in [-0.15, -0.1) is 0 Å². The highest BCUT2D eigenvalue weighted by Crippen LogP contribution is 2.17. The number of carbonyl (C=O) groups excluding carboxylic acids is 1. The number of hydrogen-bond donors (Lipinski definition) is 1. The maximum atomic E-state index is 12.6. The van der Waals surface area contributed by atoms with Crippen LogP contribution in [0.5, 0.6) is 0 Å². The average Bonchev–Trinajstić information content (AvgIpc) is 3.38. The smallest absolute Gasteiger partial charge is 0.277 e. The van der Waals surface area contributed by atoms with Gasteiger partial charge in [0.05, 0.1) is 23.4 Å². The van der Waals surface area contributed by atoms with Crippen LogP contribution >= 0.6 is 15.9 Å². The van der Waals surface area contributed by atoms with Gasteiger partial charge in [-0.1, -0.05) is 28.1 Å². The largest absolute Gasteiger partial charge is 0.305 e. The van der Waals surface area contributed by atoms with Gasteiger partial charge < -0.3 is 5.32 Å². The van der Waals surface area contributed by atoms with Crippen LogP contribution in [0, 0.1) is 10.1 Å². The number of nitrogens with zero attached hydrogens (tertiary/aromatic N) is 5. The molecule has 30 heavy (non-hydrogen) atoms. The molecule has 9 nitrogen and oxygen atoms in total. The second-order valence-electron chi connectivity index (χ2n) is 6.38. The molecule has 0 unspecified atom stereocenters. The SMILES string of the molecule is O=C(Nc1ccnn1Cc1cccc(Br)c1)c1ccn(-c2ccc([N+](=O)[O-])cc2)n1. The molecule has 0 spiro atoms. The van der Waals surface area contributed by atoms with Gasteiger partial charge in [-0.3, -0.25) is 14.9 Å². The van der Waals surface area contributed by atoms with E-state index in [4.69, 9.17) is 0 Å². The molecule has 4 rings (SSSR count). The first-order valence-electron chi connectivity index (χ1n) is 8.88. The van der Waals surface area contributed by atoms with E-state index < -0.39 is 4.92 Å². The Morgan fingerprint density at radius 2 is 1.93 bits per heavy atom. The van der Waals surface area contributed by atoms with Crippen LogP contribution in [0.3, 0.4) is 0 Å². The number of benzene rings is 2. The zero-order valence-corrected chi connectivity index (χ0v) is 17.1. The molecular weight excluding hydrogens is 452 g/mol. The van der Waals surface area contributed by atoms with Crippen LogP contribution in [-0.4, -0.2) is 30.4 Å². The molecule has 2 aromatic heterocycles. The lowest BCUT2D eigenvalue weighted by Crippen LogP contribution is -2.17. The van der Waals surface area contributed by atoms with Gasteiger partial charge in [0.2, 0.25) is 0 Å². The van der Waals surface area contributed by atoms with Crippen molar-refractivity contribution in [1.29, 1.82) is 0 Å². The number of rotatable bonds is 6. The molecule has 0 fully saturated rings. The molecule has 0 aliphatic rings. The molecule has 0 aliphatic carbocycles. The van der Waals surface area contributed by atoms with Crippen molar-refractivity contribution in [2.24, 2.45) is 0 Å². The Morgan fingerprint density at radius 1 is 1.13 bits per heavy atom. The average molecular weight is 467 g/mol. The fourth-order valence-corrected chi connectivity index (χ4v) is 3.32. The topological polar surface area (TPSA) is 108 Å². The molecule has 0 aliphatic heterocycles. The molecule has 0 atom stereocenters. The van der Waals surface area contributed by atoms with E-state index in [-0.39, 0.29) is 17.3 Å². The molecule has 0 saturated carbocycles. The van der Waals surface area contributed by atoms with Gasteiger partial charge in [-0.05, 0) is 35.9 Å². The van der Waals surface area contributed by atoms with E-state index in [1.54, 1.807) is 41.3 Å². The zero-order chi connectivity index (χ0) is 21.1. The lowest BCUT2D eigenvalue weighted by molar-refractivity contribution is -0.384. The number of non-ortho nitro benzene ring substituents is 1. The van der Waals surface area contributed by atoms with E-state index in [9.17, 15) is 14.9 Å². The zero-order valence-electron chi connectivity index (χ0n) is 15.5. The van der Waals surface area contributed by atoms with Gasteiger partial charge in [-0.25, -0.2) is 9.36 Å². The summed E-state index contributed by atoms with van der Waals surface area (Å²) < 4.78 is 4.14. The van der Waals surface area contributed by atoms with Crippen molar-refractivity contribution in [3.05, 3.63) is 98.9 Å². The van der Waals surface area contributed by atoms with E-state index >= 15 is 0 Å². The summed E-state index contributed by atoms with van der Waals surface area (Å²) in [6, 6.07) is 17.0. The van der Waals surface area contributed by atoms with Gasteiger partial charge in [0.25, 0.3) is 11.6 Å². The minimum Gasteiger partial charge on any atom is -0.305 e. The van der Waals surface area contributed by atoms with Gasteiger partial charge >= 0.3 is 0 Å². The first-order valence-corrected chi connectivity index (χ1v) is 9.67. The first-order chi connectivity index (χ1) is 14.5. The monoisotopic (exact) mass is 466 g/mol. The predicted molar refractivity (Wildman–Crippen MR) is 114 cm³/mol. The highest BCUT2D eigenvalue weighted by Gasteiger charge is 2.14. The van der Waals surface area contributed by atoms with Crippen LogP contribution in [0.2, 0.25) is 0 Å². The number of anilines is 1. The third-order valence-corrected chi connectivity index (χ3v) is 4.82. The van der Waals surface area contributed by atoms with Crippen LogP contribution in [0.1, 0.15) is 16.1 Å². The Kier molecular flexibility index (Phi) is 5.40. The molecule has 150 valence electrons. The summed E-state index contributed by atoms with van der Waals surface area (Å²) in [6.07, 6.45) is 3.23. The second kappa shape index (κ2) is 8.29. The van der Waals surface area contributed by atoms with Crippen molar-refractivity contribution in [3.8, 4) is 5.69 Å². The standard InChI is InChI=1S/C20H15BrN6O3/c21-15-3-1-2-14(12-15)13-26-19(8-10-22-26)23-20(28)18-9-11-25(24-18)16-4-6-17(7-5-16)27(29)30/h1-12H,13H2,(H,23,28). The number of nitro benzene ring substituents is 1. The third kappa shape index (κ3) is 4.28. The van der Waals surface area contributed by atoms with E-state index in [0.29, 0.717) is 18.1 Å². The molecule has 2 heterocycles. The predicted octanol–water partition coefficient (Wildman–Crippen LogP) is 4.04. The van der Waals surface area contributed by atoms with Gasteiger partial charge in [0.15, 0.2) is 5.69 Å². The minimum atomic E-state index is -0.469. The van der Waals surface area contributed by atoms with Crippen LogP contribution in [-0.2, 0) is 6.54 Å². The van der Waals surface area contributed by atoms with Crippen molar-refractivity contribution in [2.45, 2.75) is 6.54 Å². The van der Waals surface area contributed by atoms with Crippen molar-refractivity contribution in [2.75, 3.05) is 5.32 Å². The van der Waals surface area contributed by atoms with Gasteiger partial charge in [0.1, 0.15) is 5.82 Å². The first kappa shape index (κ1) is 19.5. The number of aromatic nitrogens is 4. The molecule has 0 radical (unpaired) electrons. The molecule has 10 heteroatoms. The number of nitro groups is 1. The second-order valence-corrected chi connectivity index (χ2v) is 7.29. The van der Waals surface area contributed by atoms with Crippen LogP contribution in [0.4, 0.5) is 11.5 Å². The van der Waals surface area contributed by atoms with E-state index in [1.807, 2.05) is 24.3 Å². The number of carbonyl (C=O) groups is 1. The maximum Gasteiger partial charge on any atom is 0.277 e. The summed E-state index contributed by atoms with van der Waals surface area (Å²) in [5.74, 6) is 0.163. The number of nitrogens with one attached hydrogen (secondary N) is 1. The Bertz CT molecular complexity index is 1220. The summed E-state index contributed by atoms with van der Waals surface area (Å²) >= 11 is 3.44. The maximum absolute atomic E-state index is 12.6. The van der Waals surface area contributed by atoms with E-state index in [2.05, 4.69) is 31.4 Å². The molecular formula is C20H15BrN6O3. The Morgan fingerprint density at radius 3 is 2.67 bits per heavy atom. The Hall–Kier alpha value is -3.79. The molecule has 4 aromatic rings. The highest BCUT2D eigenvalue weighted by molar-refractivity contribution is 9.10. The Labute approximate surface area is 179 Å². The van der Waals surface area contributed by atoms with Gasteiger partial charge in [0, 0.05) is 28.9 Å². The Balaban J connectivity index is 1.48. The third-order valence-electron chi connectivity index (χ3n) is 4.33. The fourth-order valence-electron chi connectivity index (χ4n) is 2.87. The summed E-state index contributed by atoms with van der Waals surface area (Å²) in [5.41, 5.74) is 1.84. The summed E-state index contributed by atoms with van der Waals surface area (Å²) in [7, 11) is 0. The number of halogens is 1. The van der Waals surface area contributed by atoms with Crippen LogP contribution in [0.25, 0.3) is 5.69 Å². The van der Waals surface area contributed by atoms with Crippen LogP contribution < -0.4 is 5.32 Å². The van der Waals surface area contributed by atoms with E-state index in [0.717, 1.165) is 10.0 Å². The van der Waals surface area contributed by atoms with Crippen molar-refractivity contribution in [1.82, 2.24) is 19.6 Å². The molecule has 1 N–H and O–H groups in total. The summed E-state index contributed by atoms with van der Waals surface area (Å²) in [6.45, 7) is 0.499. The minimum absolute atomic E-state index is 0.0115. The van der Waals surface area contributed by atoms with E-state index in [1.165, 1.54) is 16.8 Å². The van der Waals surface area contributed by atoms with Crippen molar-refractivity contribution < 1.29 is 9.72 Å². The van der Waals surface area contributed by atoms with Gasteiger partial charge in [-0.2, -0.15) is 10.2 Å². The molecule has 1 amide bonds. The molecule has 0 bridgehead atoms. The van der Waals surface area contributed by atoms with Crippen LogP contribution in [0.15, 0.2) is 77.5 Å². The quantitative estimate of drug-likeness (QED) is 0.340. The van der Waals surface area contributed by atoms with Crippen molar-refractivity contribution in [3.63, 3.8) is 0 Å². The normalized spacial score (nSPS) is 10.7. The molecule has 2 aromatic carbocycles. The molecule has 0 saturated heterocycles. The fraction of sp³-hybridized carbons (Fsp3) is 0.0500. The number of amides is 1. The lowest BCUT2D eigenvalue weighted by atomic mass is 10.2. The lowest BCUT2D eigenvalue weighted by Gasteiger charge is -2.08. The summed E-state index contributed by atoms with van der Waals surface area (Å²) in [5, 5.41) is 22.1. The highest BCUT2D eigenvalue weighted by atomic mass is 79.9. The number of hydrogen-bond acceptors (Lipinski definition) is 5. The van der Waals surface area contributed by atoms with Crippen molar-refractivity contribution >= 4 is 33.3 Å².